The molecule has 1 atom stereocenters. The lowest BCUT2D eigenvalue weighted by atomic mass is 10.1. The number of piperazine rings is 1. The van der Waals surface area contributed by atoms with Crippen LogP contribution in [-0.4, -0.2) is 52.6 Å². The summed E-state index contributed by atoms with van der Waals surface area (Å²) >= 11 is 11.7. The molecule has 1 aliphatic rings. The molecule has 1 aromatic heterocycles. The number of hydrogen-bond donors (Lipinski definition) is 1. The maximum atomic E-state index is 13.9. The summed E-state index contributed by atoms with van der Waals surface area (Å²) in [6, 6.07) is 15.3. The Bertz CT molecular complexity index is 1440. The Morgan fingerprint density at radius 2 is 1.76 bits per heavy atom. The van der Waals surface area contributed by atoms with Crippen LogP contribution < -0.4 is 10.2 Å². The van der Waals surface area contributed by atoms with Gasteiger partial charge in [-0.25, -0.2) is 17.9 Å². The summed E-state index contributed by atoms with van der Waals surface area (Å²) in [6.45, 7) is 1.13. The van der Waals surface area contributed by atoms with Crippen LogP contribution in [-0.2, 0) is 22.0 Å². The molecule has 0 bridgehead atoms. The van der Waals surface area contributed by atoms with E-state index in [1.165, 1.54) is 7.05 Å². The van der Waals surface area contributed by atoms with Crippen molar-refractivity contribution in [1.29, 1.82) is 0 Å². The third kappa shape index (κ3) is 6.23. The van der Waals surface area contributed by atoms with Gasteiger partial charge in [0.05, 0.1) is 10.5 Å². The third-order valence-electron chi connectivity index (χ3n) is 6.03. The number of hydrogen-bond acceptors (Lipinski definition) is 5. The average molecular weight is 586 g/mol. The minimum atomic E-state index is -4.54. The molecular weight excluding hydrogens is 562 g/mol. The lowest BCUT2D eigenvalue weighted by Crippen LogP contribution is -2.48. The van der Waals surface area contributed by atoms with E-state index in [2.05, 4.69) is 14.7 Å². The molecule has 3 aromatic rings. The second kappa shape index (κ2) is 11.5. The highest BCUT2D eigenvalue weighted by Crippen LogP contribution is 2.33. The van der Waals surface area contributed by atoms with E-state index in [4.69, 9.17) is 23.2 Å². The number of nitrogens with zero attached hydrogens (tertiary/aromatic N) is 4. The lowest BCUT2D eigenvalue weighted by Gasteiger charge is -2.36. The van der Waals surface area contributed by atoms with E-state index in [0.717, 1.165) is 17.7 Å². The molecule has 1 fully saturated rings. The Hall–Kier alpha value is -2.86. The quantitative estimate of drug-likeness (QED) is 0.287. The van der Waals surface area contributed by atoms with Gasteiger partial charge in [0.1, 0.15) is 20.9 Å². The maximum absolute atomic E-state index is 13.9. The van der Waals surface area contributed by atoms with Crippen LogP contribution in [0.2, 0.25) is 5.15 Å². The topological polar surface area (TPSA) is 77.9 Å². The van der Waals surface area contributed by atoms with Crippen LogP contribution in [0.25, 0.3) is 0 Å². The van der Waals surface area contributed by atoms with Gasteiger partial charge in [-0.2, -0.15) is 13.2 Å². The number of alkyl halides is 4. The van der Waals surface area contributed by atoms with E-state index in [-0.39, 0.29) is 43.1 Å². The maximum Gasteiger partial charge on any atom is 0.416 e. The summed E-state index contributed by atoms with van der Waals surface area (Å²) < 4.78 is 59.3. The van der Waals surface area contributed by atoms with Gasteiger partial charge in [-0.3, -0.25) is 4.79 Å². The summed E-state index contributed by atoms with van der Waals surface area (Å²) in [4.78, 5) is 18.8. The van der Waals surface area contributed by atoms with Crippen molar-refractivity contribution in [2.45, 2.75) is 17.0 Å². The molecular formula is C25H24Cl2F3N5O2S. The predicted octanol–water partition coefficient (Wildman–Crippen LogP) is 5.94. The van der Waals surface area contributed by atoms with Gasteiger partial charge < -0.3 is 10.2 Å². The number of carbonyl (C=O) groups excluding carboxylic acids is 1. The van der Waals surface area contributed by atoms with E-state index >= 15 is 0 Å². The van der Waals surface area contributed by atoms with Gasteiger partial charge in [0.2, 0.25) is 0 Å². The molecule has 38 heavy (non-hydrogen) atoms. The summed E-state index contributed by atoms with van der Waals surface area (Å²) in [7, 11) is -1.52. The van der Waals surface area contributed by atoms with Crippen LogP contribution in [0.5, 0.6) is 0 Å². The van der Waals surface area contributed by atoms with Crippen molar-refractivity contribution >= 4 is 50.5 Å². The molecule has 0 saturated carbocycles. The number of benzene rings is 2. The molecule has 7 nitrogen and oxygen atoms in total. The molecule has 0 radical (unpaired) electrons. The van der Waals surface area contributed by atoms with Crippen LogP contribution in [0.4, 0.5) is 24.7 Å². The standard InChI is InChI=1S/C25H24Cl2F3N5O2S/c1-31-38(37,21-7-5-20(6-8-21)32-24(36)18-4-2-3-17(13-18)16-26)35-11-9-34(10-12-35)23-15-19(25(28,29)30)14-22(27)33-23/h2-8,13-15H,9-12,16H2,1H3,(H,32,36). The van der Waals surface area contributed by atoms with E-state index in [9.17, 15) is 22.2 Å². The predicted molar refractivity (Wildman–Crippen MR) is 143 cm³/mol. The fourth-order valence-electron chi connectivity index (χ4n) is 4.06. The van der Waals surface area contributed by atoms with E-state index in [1.54, 1.807) is 51.7 Å². The molecule has 1 aliphatic heterocycles. The second-order valence-corrected chi connectivity index (χ2v) is 11.4. The Morgan fingerprint density at radius 1 is 1.08 bits per heavy atom. The Kier molecular flexibility index (Phi) is 8.51. The zero-order valence-electron chi connectivity index (χ0n) is 20.2. The van der Waals surface area contributed by atoms with Crippen molar-refractivity contribution in [2.24, 2.45) is 4.36 Å². The monoisotopic (exact) mass is 585 g/mol. The molecule has 0 aliphatic carbocycles. The minimum Gasteiger partial charge on any atom is -0.354 e. The number of amides is 1. The Morgan fingerprint density at radius 3 is 2.37 bits per heavy atom. The van der Waals surface area contributed by atoms with Crippen molar-refractivity contribution in [3.63, 3.8) is 0 Å². The number of rotatable bonds is 6. The smallest absolute Gasteiger partial charge is 0.354 e. The Labute approximate surface area is 228 Å². The minimum absolute atomic E-state index is 0.112. The van der Waals surface area contributed by atoms with Gasteiger partial charge in [0, 0.05) is 50.4 Å². The molecule has 13 heteroatoms. The molecule has 2 aromatic carbocycles. The molecule has 1 amide bonds. The lowest BCUT2D eigenvalue weighted by molar-refractivity contribution is -0.137. The van der Waals surface area contributed by atoms with Crippen molar-refractivity contribution in [2.75, 3.05) is 43.4 Å². The normalized spacial score (nSPS) is 16.1. The first-order valence-electron chi connectivity index (χ1n) is 11.5. The number of pyridine rings is 1. The van der Waals surface area contributed by atoms with Gasteiger partial charge in [-0.15, -0.1) is 11.6 Å². The van der Waals surface area contributed by atoms with Crippen LogP contribution in [0.1, 0.15) is 21.5 Å². The summed E-state index contributed by atoms with van der Waals surface area (Å²) in [5.74, 6) is 0.106. The fourth-order valence-corrected chi connectivity index (χ4v) is 6.32. The van der Waals surface area contributed by atoms with Gasteiger partial charge in [-0.05, 0) is 54.1 Å². The van der Waals surface area contributed by atoms with Gasteiger partial charge >= 0.3 is 6.18 Å². The van der Waals surface area contributed by atoms with Crippen molar-refractivity contribution in [1.82, 2.24) is 9.29 Å². The number of nitrogens with one attached hydrogen (secondary N) is 1. The highest BCUT2D eigenvalue weighted by atomic mass is 35.5. The summed E-state index contributed by atoms with van der Waals surface area (Å²) in [6.07, 6.45) is -4.54. The SMILES string of the molecule is CN=S(=O)(c1ccc(NC(=O)c2cccc(CCl)c2)cc1)N1CCN(c2cc(C(F)(F)F)cc(Cl)n2)CC1. The van der Waals surface area contributed by atoms with Crippen LogP contribution in [0.3, 0.4) is 0 Å². The van der Waals surface area contributed by atoms with E-state index in [0.29, 0.717) is 22.0 Å². The number of anilines is 2. The summed E-state index contributed by atoms with van der Waals surface area (Å²) in [5.41, 5.74) is 0.936. The fraction of sp³-hybridized carbons (Fsp3) is 0.280. The Balaban J connectivity index is 1.45. The molecule has 1 unspecified atom stereocenters. The first-order chi connectivity index (χ1) is 18.0. The molecule has 4 rings (SSSR count). The highest BCUT2D eigenvalue weighted by Gasteiger charge is 2.33. The number of halogens is 5. The number of carbonyl (C=O) groups is 1. The zero-order valence-corrected chi connectivity index (χ0v) is 22.5. The van der Waals surface area contributed by atoms with Gasteiger partial charge in [-0.1, -0.05) is 23.7 Å². The highest BCUT2D eigenvalue weighted by molar-refractivity contribution is 7.91. The summed E-state index contributed by atoms with van der Waals surface area (Å²) in [5, 5.41) is 2.56. The molecule has 202 valence electrons. The second-order valence-electron chi connectivity index (χ2n) is 8.44. The van der Waals surface area contributed by atoms with Crippen LogP contribution in [0.15, 0.2) is 69.9 Å². The van der Waals surface area contributed by atoms with E-state index in [1.807, 2.05) is 6.07 Å². The number of aromatic nitrogens is 1. The molecule has 1 N–H and O–H groups in total. The molecule has 1 saturated heterocycles. The zero-order chi connectivity index (χ0) is 27.5. The first kappa shape index (κ1) is 28.2. The largest absolute Gasteiger partial charge is 0.416 e. The average Bonchev–Trinajstić information content (AvgIpc) is 2.92. The van der Waals surface area contributed by atoms with Crippen molar-refractivity contribution in [3.05, 3.63) is 82.5 Å². The van der Waals surface area contributed by atoms with Crippen molar-refractivity contribution < 1.29 is 22.2 Å². The first-order valence-corrected chi connectivity index (χ1v) is 13.9. The van der Waals surface area contributed by atoms with Crippen molar-refractivity contribution in [3.8, 4) is 0 Å². The third-order valence-corrected chi connectivity index (χ3v) is 8.98. The molecule has 2 heterocycles. The van der Waals surface area contributed by atoms with Crippen LogP contribution >= 0.6 is 23.2 Å². The van der Waals surface area contributed by atoms with Gasteiger partial charge in [0.25, 0.3) is 5.91 Å². The van der Waals surface area contributed by atoms with E-state index < -0.39 is 21.7 Å². The van der Waals surface area contributed by atoms with Gasteiger partial charge in [0.15, 0.2) is 0 Å². The molecule has 0 spiro atoms. The van der Waals surface area contributed by atoms with Crippen LogP contribution in [0, 0.1) is 0 Å².